The van der Waals surface area contributed by atoms with Gasteiger partial charge in [-0.15, -0.1) is 6.42 Å². The van der Waals surface area contributed by atoms with Gasteiger partial charge >= 0.3 is 0 Å². The molecule has 1 aliphatic rings. The van der Waals surface area contributed by atoms with Crippen molar-refractivity contribution in [1.29, 1.82) is 0 Å². The first-order chi connectivity index (χ1) is 4.66. The quantitative estimate of drug-likeness (QED) is 0.495. The van der Waals surface area contributed by atoms with Crippen LogP contribution < -0.4 is 0 Å². The smallest absolute Gasteiger partial charge is 0.133 e. The van der Waals surface area contributed by atoms with Crippen LogP contribution in [0.15, 0.2) is 0 Å². The maximum absolute atomic E-state index is 10.7. The van der Waals surface area contributed by atoms with Crippen molar-refractivity contribution in [1.82, 2.24) is 0 Å². The molecule has 1 fully saturated rings. The third kappa shape index (κ3) is 1.37. The van der Waals surface area contributed by atoms with Crippen molar-refractivity contribution in [3.05, 3.63) is 0 Å². The van der Waals surface area contributed by atoms with Gasteiger partial charge in [0.1, 0.15) is 11.4 Å². The Bertz CT molecular complexity index is 178. The highest BCUT2D eigenvalue weighted by molar-refractivity contribution is 5.79. The fraction of sp³-hybridized carbons (Fsp3) is 0.625. The van der Waals surface area contributed by atoms with Crippen molar-refractivity contribution in [3.63, 3.8) is 0 Å². The average molecular weight is 138 g/mol. The third-order valence-corrected chi connectivity index (χ3v) is 1.90. The summed E-state index contributed by atoms with van der Waals surface area (Å²) >= 11 is 0. The van der Waals surface area contributed by atoms with Gasteiger partial charge in [0.2, 0.25) is 0 Å². The number of aliphatic hydroxyl groups is 1. The molecular weight excluding hydrogens is 128 g/mol. The molecule has 1 saturated carbocycles. The second-order valence-electron chi connectivity index (χ2n) is 2.71. The molecular formula is C8H10O2. The molecule has 0 aliphatic heterocycles. The molecule has 0 aromatic rings. The minimum absolute atomic E-state index is 0.208. The van der Waals surface area contributed by atoms with E-state index in [0.29, 0.717) is 25.7 Å². The molecule has 0 spiro atoms. The third-order valence-electron chi connectivity index (χ3n) is 1.90. The van der Waals surface area contributed by atoms with Crippen LogP contribution in [0, 0.1) is 12.3 Å². The molecule has 2 heteroatoms. The first-order valence-corrected chi connectivity index (χ1v) is 3.38. The van der Waals surface area contributed by atoms with Gasteiger partial charge in [0.15, 0.2) is 0 Å². The van der Waals surface area contributed by atoms with E-state index in [4.69, 9.17) is 6.42 Å². The van der Waals surface area contributed by atoms with Crippen molar-refractivity contribution in [2.24, 2.45) is 0 Å². The molecule has 1 rings (SSSR count). The van der Waals surface area contributed by atoms with Crippen molar-refractivity contribution in [2.75, 3.05) is 0 Å². The van der Waals surface area contributed by atoms with Crippen molar-refractivity contribution >= 4 is 5.78 Å². The van der Waals surface area contributed by atoms with Crippen LogP contribution in [0.5, 0.6) is 0 Å². The molecule has 10 heavy (non-hydrogen) atoms. The fourth-order valence-corrected chi connectivity index (χ4v) is 1.09. The average Bonchev–Trinajstić information content (AvgIpc) is 1.96. The zero-order valence-electron chi connectivity index (χ0n) is 5.76. The van der Waals surface area contributed by atoms with Crippen LogP contribution in [0.4, 0.5) is 0 Å². The first-order valence-electron chi connectivity index (χ1n) is 3.38. The summed E-state index contributed by atoms with van der Waals surface area (Å²) in [6, 6.07) is 0. The van der Waals surface area contributed by atoms with Gasteiger partial charge in [0.25, 0.3) is 0 Å². The minimum Gasteiger partial charge on any atom is -0.378 e. The Morgan fingerprint density at radius 1 is 1.50 bits per heavy atom. The molecule has 0 amide bonds. The van der Waals surface area contributed by atoms with Gasteiger partial charge in [0, 0.05) is 12.8 Å². The van der Waals surface area contributed by atoms with E-state index < -0.39 is 5.60 Å². The molecule has 0 radical (unpaired) electrons. The van der Waals surface area contributed by atoms with E-state index in [1.807, 2.05) is 0 Å². The summed E-state index contributed by atoms with van der Waals surface area (Å²) in [5.74, 6) is 2.51. The summed E-state index contributed by atoms with van der Waals surface area (Å²) < 4.78 is 0. The van der Waals surface area contributed by atoms with Crippen LogP contribution in [0.1, 0.15) is 25.7 Å². The zero-order valence-corrected chi connectivity index (χ0v) is 5.76. The van der Waals surface area contributed by atoms with Gasteiger partial charge in [-0.05, 0) is 12.8 Å². The SMILES string of the molecule is C#CC1(O)CCC(=O)CC1. The maximum Gasteiger partial charge on any atom is 0.133 e. The normalized spacial score (nSPS) is 23.8. The predicted octanol–water partition coefficient (Wildman–Crippen LogP) is 0.494. The van der Waals surface area contributed by atoms with Gasteiger partial charge in [-0.1, -0.05) is 5.92 Å². The number of rotatable bonds is 0. The van der Waals surface area contributed by atoms with E-state index in [1.165, 1.54) is 0 Å². The largest absolute Gasteiger partial charge is 0.378 e. The number of carbonyl (C=O) groups is 1. The van der Waals surface area contributed by atoms with Crippen LogP contribution in [0.2, 0.25) is 0 Å². The number of ketones is 1. The van der Waals surface area contributed by atoms with Crippen molar-refractivity contribution < 1.29 is 9.90 Å². The summed E-state index contributed by atoms with van der Waals surface area (Å²) in [6.07, 6.45) is 6.80. The second-order valence-corrected chi connectivity index (χ2v) is 2.71. The van der Waals surface area contributed by atoms with Crippen molar-refractivity contribution in [3.8, 4) is 12.3 Å². The van der Waals surface area contributed by atoms with Crippen LogP contribution >= 0.6 is 0 Å². The van der Waals surface area contributed by atoms with Crippen LogP contribution in [0.3, 0.4) is 0 Å². The van der Waals surface area contributed by atoms with Gasteiger partial charge in [-0.3, -0.25) is 4.79 Å². The lowest BCUT2D eigenvalue weighted by Gasteiger charge is -2.25. The van der Waals surface area contributed by atoms with Gasteiger partial charge in [-0.25, -0.2) is 0 Å². The molecule has 54 valence electrons. The number of hydrogen-bond donors (Lipinski definition) is 1. The van der Waals surface area contributed by atoms with E-state index in [-0.39, 0.29) is 5.78 Å². The predicted molar refractivity (Wildman–Crippen MR) is 37.3 cm³/mol. The molecule has 0 bridgehead atoms. The molecule has 0 aromatic carbocycles. The molecule has 0 aromatic heterocycles. The lowest BCUT2D eigenvalue weighted by atomic mass is 9.85. The molecule has 0 saturated heterocycles. The Balaban J connectivity index is 2.56. The molecule has 0 atom stereocenters. The number of Topliss-reactive ketones (excluding diaryl/α,β-unsaturated/α-hetero) is 1. The topological polar surface area (TPSA) is 37.3 Å². The Morgan fingerprint density at radius 2 is 2.00 bits per heavy atom. The van der Waals surface area contributed by atoms with Crippen LogP contribution in [-0.4, -0.2) is 16.5 Å². The first kappa shape index (κ1) is 7.30. The number of terminal acetylenes is 1. The van der Waals surface area contributed by atoms with Crippen LogP contribution in [-0.2, 0) is 4.79 Å². The molecule has 0 unspecified atom stereocenters. The zero-order chi connectivity index (χ0) is 7.61. The Labute approximate surface area is 60.2 Å². The lowest BCUT2D eigenvalue weighted by Crippen LogP contribution is -2.32. The van der Waals surface area contributed by atoms with Crippen molar-refractivity contribution in [2.45, 2.75) is 31.3 Å². The fourth-order valence-electron chi connectivity index (χ4n) is 1.09. The van der Waals surface area contributed by atoms with Crippen LogP contribution in [0.25, 0.3) is 0 Å². The lowest BCUT2D eigenvalue weighted by molar-refractivity contribution is -0.123. The maximum atomic E-state index is 10.7. The highest BCUT2D eigenvalue weighted by Crippen LogP contribution is 2.24. The van der Waals surface area contributed by atoms with E-state index in [9.17, 15) is 9.90 Å². The monoisotopic (exact) mass is 138 g/mol. The van der Waals surface area contributed by atoms with Gasteiger partial charge < -0.3 is 5.11 Å². The van der Waals surface area contributed by atoms with Gasteiger partial charge in [0.05, 0.1) is 0 Å². The Kier molecular flexibility index (Phi) is 1.78. The van der Waals surface area contributed by atoms with E-state index in [1.54, 1.807) is 0 Å². The number of carbonyl (C=O) groups excluding carboxylic acids is 1. The standard InChI is InChI=1S/C8H10O2/c1-2-8(10)5-3-7(9)4-6-8/h1,10H,3-6H2. The second kappa shape index (κ2) is 2.43. The Morgan fingerprint density at radius 3 is 2.40 bits per heavy atom. The molecule has 1 N–H and O–H groups in total. The molecule has 0 heterocycles. The summed E-state index contributed by atoms with van der Waals surface area (Å²) in [5.41, 5.74) is -0.992. The highest BCUT2D eigenvalue weighted by atomic mass is 16.3. The summed E-state index contributed by atoms with van der Waals surface area (Å²) in [4.78, 5) is 10.7. The Hall–Kier alpha value is -0.810. The highest BCUT2D eigenvalue weighted by Gasteiger charge is 2.29. The molecule has 2 nitrogen and oxygen atoms in total. The van der Waals surface area contributed by atoms with Gasteiger partial charge in [-0.2, -0.15) is 0 Å². The van der Waals surface area contributed by atoms with E-state index in [0.717, 1.165) is 0 Å². The molecule has 1 aliphatic carbocycles. The summed E-state index contributed by atoms with van der Waals surface area (Å²) in [6.45, 7) is 0. The van der Waals surface area contributed by atoms with E-state index in [2.05, 4.69) is 5.92 Å². The number of hydrogen-bond acceptors (Lipinski definition) is 2. The summed E-state index contributed by atoms with van der Waals surface area (Å²) in [5, 5.41) is 9.41. The summed E-state index contributed by atoms with van der Waals surface area (Å²) in [7, 11) is 0. The van der Waals surface area contributed by atoms with E-state index >= 15 is 0 Å². The minimum atomic E-state index is -0.992.